The Morgan fingerprint density at radius 1 is 1.15 bits per heavy atom. The maximum Gasteiger partial charge on any atom is 0.282 e. The van der Waals surface area contributed by atoms with Crippen molar-refractivity contribution in [2.75, 3.05) is 32.7 Å². The molecule has 2 unspecified atom stereocenters. The van der Waals surface area contributed by atoms with Crippen LogP contribution in [-0.4, -0.2) is 55.8 Å². The molecule has 6 heteroatoms. The van der Waals surface area contributed by atoms with Gasteiger partial charge in [0.05, 0.1) is 0 Å². The lowest BCUT2D eigenvalue weighted by molar-refractivity contribution is 0.238. The smallest absolute Gasteiger partial charge is 0.282 e. The Labute approximate surface area is 123 Å². The molecule has 2 atom stereocenters. The summed E-state index contributed by atoms with van der Waals surface area (Å²) in [6.45, 7) is 8.14. The third-order valence-electron chi connectivity index (χ3n) is 4.58. The fourth-order valence-electron chi connectivity index (χ4n) is 3.42. The molecule has 0 radical (unpaired) electrons. The van der Waals surface area contributed by atoms with Crippen LogP contribution in [-0.2, 0) is 10.2 Å². The van der Waals surface area contributed by atoms with Crippen molar-refractivity contribution in [3.05, 3.63) is 0 Å². The van der Waals surface area contributed by atoms with Crippen molar-refractivity contribution in [3.8, 4) is 0 Å². The molecular formula is C14H29N3O2S. The lowest BCUT2D eigenvalue weighted by atomic mass is 10.00. The zero-order valence-corrected chi connectivity index (χ0v) is 13.7. The average molecular weight is 303 g/mol. The molecule has 2 fully saturated rings. The van der Waals surface area contributed by atoms with E-state index in [-0.39, 0.29) is 6.04 Å². The van der Waals surface area contributed by atoms with Crippen molar-refractivity contribution < 1.29 is 8.42 Å². The molecular weight excluding hydrogens is 274 g/mol. The molecule has 0 aromatic heterocycles. The maximum atomic E-state index is 12.8. The standard InChI is InChI=1S/C14H29N3O2S/c1-3-14-8-6-10-17(14)20(18,19)16-9-5-7-13(12-16)11-15-4-2/h13-15H,3-12H2,1-2H3. The highest BCUT2D eigenvalue weighted by Gasteiger charge is 2.38. The summed E-state index contributed by atoms with van der Waals surface area (Å²) < 4.78 is 29.1. The zero-order chi connectivity index (χ0) is 14.6. The van der Waals surface area contributed by atoms with Crippen LogP contribution in [0.15, 0.2) is 0 Å². The third-order valence-corrected chi connectivity index (χ3v) is 6.64. The Bertz CT molecular complexity index is 399. The summed E-state index contributed by atoms with van der Waals surface area (Å²) in [6.07, 6.45) is 5.07. The third kappa shape index (κ3) is 3.53. The zero-order valence-electron chi connectivity index (χ0n) is 12.8. The summed E-state index contributed by atoms with van der Waals surface area (Å²) in [5, 5.41) is 3.34. The highest BCUT2D eigenvalue weighted by Crippen LogP contribution is 2.28. The fourth-order valence-corrected chi connectivity index (χ4v) is 5.47. The van der Waals surface area contributed by atoms with Crippen molar-refractivity contribution in [1.82, 2.24) is 13.9 Å². The van der Waals surface area contributed by atoms with Gasteiger partial charge in [0.15, 0.2) is 0 Å². The van der Waals surface area contributed by atoms with E-state index < -0.39 is 10.2 Å². The molecule has 0 amide bonds. The number of hydrogen-bond acceptors (Lipinski definition) is 3. The van der Waals surface area contributed by atoms with Gasteiger partial charge in [0.2, 0.25) is 0 Å². The minimum Gasteiger partial charge on any atom is -0.317 e. The topological polar surface area (TPSA) is 52.7 Å². The van der Waals surface area contributed by atoms with E-state index in [4.69, 9.17) is 0 Å². The van der Waals surface area contributed by atoms with E-state index in [1.54, 1.807) is 8.61 Å². The molecule has 2 heterocycles. The van der Waals surface area contributed by atoms with Crippen LogP contribution in [0.3, 0.4) is 0 Å². The van der Waals surface area contributed by atoms with Gasteiger partial charge in [-0.05, 0) is 51.1 Å². The van der Waals surface area contributed by atoms with Crippen molar-refractivity contribution in [3.63, 3.8) is 0 Å². The Balaban J connectivity index is 2.01. The van der Waals surface area contributed by atoms with Crippen molar-refractivity contribution in [1.29, 1.82) is 0 Å². The van der Waals surface area contributed by atoms with E-state index in [0.717, 1.165) is 45.2 Å². The predicted molar refractivity (Wildman–Crippen MR) is 81.8 cm³/mol. The van der Waals surface area contributed by atoms with E-state index in [1.165, 1.54) is 0 Å². The van der Waals surface area contributed by atoms with Crippen LogP contribution >= 0.6 is 0 Å². The van der Waals surface area contributed by atoms with Crippen LogP contribution in [0, 0.1) is 5.92 Å². The average Bonchev–Trinajstić information content (AvgIpc) is 2.94. The fraction of sp³-hybridized carbons (Fsp3) is 1.00. The van der Waals surface area contributed by atoms with E-state index in [9.17, 15) is 8.42 Å². The van der Waals surface area contributed by atoms with E-state index in [2.05, 4.69) is 19.2 Å². The van der Waals surface area contributed by atoms with Gasteiger partial charge in [0, 0.05) is 25.7 Å². The summed E-state index contributed by atoms with van der Waals surface area (Å²) in [7, 11) is -3.24. The van der Waals surface area contributed by atoms with Crippen LogP contribution in [0.4, 0.5) is 0 Å². The SMILES string of the molecule is CCNCC1CCCN(S(=O)(=O)N2CCCC2CC)C1. The lowest BCUT2D eigenvalue weighted by Gasteiger charge is -2.36. The molecule has 2 aliphatic heterocycles. The van der Waals surface area contributed by atoms with Gasteiger partial charge in [0.25, 0.3) is 10.2 Å². The van der Waals surface area contributed by atoms with Gasteiger partial charge in [-0.25, -0.2) is 0 Å². The Morgan fingerprint density at radius 3 is 2.60 bits per heavy atom. The van der Waals surface area contributed by atoms with Crippen LogP contribution in [0.25, 0.3) is 0 Å². The molecule has 1 N–H and O–H groups in total. The van der Waals surface area contributed by atoms with Gasteiger partial charge in [-0.1, -0.05) is 13.8 Å². The summed E-state index contributed by atoms with van der Waals surface area (Å²) in [5.41, 5.74) is 0. The highest BCUT2D eigenvalue weighted by molar-refractivity contribution is 7.86. The van der Waals surface area contributed by atoms with E-state index in [1.807, 2.05) is 0 Å². The molecule has 5 nitrogen and oxygen atoms in total. The van der Waals surface area contributed by atoms with E-state index in [0.29, 0.717) is 25.6 Å². The van der Waals surface area contributed by atoms with Gasteiger partial charge < -0.3 is 5.32 Å². The Kier molecular flexibility index (Phi) is 5.84. The van der Waals surface area contributed by atoms with E-state index >= 15 is 0 Å². The second-order valence-corrected chi connectivity index (χ2v) is 7.88. The number of nitrogens with zero attached hydrogens (tertiary/aromatic N) is 2. The summed E-state index contributed by atoms with van der Waals surface area (Å²) in [5.74, 6) is 0.459. The maximum absolute atomic E-state index is 12.8. The summed E-state index contributed by atoms with van der Waals surface area (Å²) in [4.78, 5) is 0. The highest BCUT2D eigenvalue weighted by atomic mass is 32.2. The molecule has 118 valence electrons. The normalized spacial score (nSPS) is 29.9. The van der Waals surface area contributed by atoms with Crippen molar-refractivity contribution >= 4 is 10.2 Å². The molecule has 0 aromatic rings. The van der Waals surface area contributed by atoms with Crippen LogP contribution in [0.2, 0.25) is 0 Å². The monoisotopic (exact) mass is 303 g/mol. The predicted octanol–water partition coefficient (Wildman–Crippen LogP) is 1.43. The molecule has 0 saturated carbocycles. The molecule has 20 heavy (non-hydrogen) atoms. The lowest BCUT2D eigenvalue weighted by Crippen LogP contribution is -2.50. The van der Waals surface area contributed by atoms with Gasteiger partial charge in [-0.15, -0.1) is 0 Å². The number of rotatable bonds is 6. The van der Waals surface area contributed by atoms with Gasteiger partial charge in [-0.3, -0.25) is 0 Å². The van der Waals surface area contributed by atoms with Gasteiger partial charge in [-0.2, -0.15) is 17.0 Å². The summed E-state index contributed by atoms with van der Waals surface area (Å²) in [6, 6.07) is 0.217. The van der Waals surface area contributed by atoms with Crippen molar-refractivity contribution in [2.45, 2.75) is 52.0 Å². The van der Waals surface area contributed by atoms with Crippen LogP contribution in [0.1, 0.15) is 46.0 Å². The second-order valence-electron chi connectivity index (χ2n) is 6.00. The largest absolute Gasteiger partial charge is 0.317 e. The first-order chi connectivity index (χ1) is 9.59. The first kappa shape index (κ1) is 16.2. The Morgan fingerprint density at radius 2 is 1.90 bits per heavy atom. The van der Waals surface area contributed by atoms with Crippen molar-refractivity contribution in [2.24, 2.45) is 5.92 Å². The molecule has 0 spiro atoms. The first-order valence-corrected chi connectivity index (χ1v) is 9.46. The molecule has 2 aliphatic rings. The molecule has 0 aliphatic carbocycles. The first-order valence-electron chi connectivity index (χ1n) is 8.07. The number of nitrogens with one attached hydrogen (secondary N) is 1. The number of hydrogen-bond donors (Lipinski definition) is 1. The summed E-state index contributed by atoms with van der Waals surface area (Å²) >= 11 is 0. The quantitative estimate of drug-likeness (QED) is 0.807. The van der Waals surface area contributed by atoms with Crippen LogP contribution < -0.4 is 5.32 Å². The molecule has 0 bridgehead atoms. The molecule has 2 rings (SSSR count). The molecule has 2 saturated heterocycles. The molecule has 0 aromatic carbocycles. The minimum atomic E-state index is -3.24. The minimum absolute atomic E-state index is 0.217. The number of piperidine rings is 1. The Hall–Kier alpha value is -0.170. The van der Waals surface area contributed by atoms with Gasteiger partial charge >= 0.3 is 0 Å². The second kappa shape index (κ2) is 7.20. The van der Waals surface area contributed by atoms with Crippen LogP contribution in [0.5, 0.6) is 0 Å². The van der Waals surface area contributed by atoms with Gasteiger partial charge in [0.1, 0.15) is 0 Å².